The normalized spacial score (nSPS) is 18.3. The van der Waals surface area contributed by atoms with Gasteiger partial charge in [-0.25, -0.2) is 0 Å². The van der Waals surface area contributed by atoms with Gasteiger partial charge in [0.15, 0.2) is 0 Å². The molecule has 1 fully saturated rings. The second-order valence-corrected chi connectivity index (χ2v) is 9.15. The van der Waals surface area contributed by atoms with Crippen molar-refractivity contribution in [3.63, 3.8) is 0 Å². The minimum Gasteiger partial charge on any atom is -0.463 e. The van der Waals surface area contributed by atoms with Crippen LogP contribution in [0.2, 0.25) is 0 Å². The van der Waals surface area contributed by atoms with Gasteiger partial charge in [0.25, 0.3) is 5.91 Å². The number of carbonyl (C=O) groups is 2. The molecule has 0 bridgehead atoms. The van der Waals surface area contributed by atoms with Crippen LogP contribution in [0.5, 0.6) is 0 Å². The number of anilines is 1. The van der Waals surface area contributed by atoms with E-state index >= 15 is 0 Å². The topological polar surface area (TPSA) is 104 Å². The van der Waals surface area contributed by atoms with E-state index in [1.54, 1.807) is 0 Å². The third-order valence-electron chi connectivity index (χ3n) is 6.54. The highest BCUT2D eigenvalue weighted by Crippen LogP contribution is 2.28. The van der Waals surface area contributed by atoms with E-state index < -0.39 is 0 Å². The van der Waals surface area contributed by atoms with E-state index in [4.69, 9.17) is 14.9 Å². The molecule has 1 saturated heterocycles. The van der Waals surface area contributed by atoms with Crippen LogP contribution in [0.25, 0.3) is 0 Å². The molecule has 0 saturated carbocycles. The molecule has 2 heterocycles. The number of hydrogen-bond acceptors (Lipinski definition) is 6. The van der Waals surface area contributed by atoms with Gasteiger partial charge in [-0.3, -0.25) is 15.0 Å². The maximum absolute atomic E-state index is 12.9. The summed E-state index contributed by atoms with van der Waals surface area (Å²) in [7, 11) is 0. The van der Waals surface area contributed by atoms with Crippen molar-refractivity contribution >= 4 is 23.4 Å². The van der Waals surface area contributed by atoms with Gasteiger partial charge in [0, 0.05) is 42.9 Å². The van der Waals surface area contributed by atoms with E-state index in [-0.39, 0.29) is 24.0 Å². The molecule has 35 heavy (non-hydrogen) atoms. The molecule has 0 radical (unpaired) electrons. The lowest BCUT2D eigenvalue weighted by Gasteiger charge is -2.29. The van der Waals surface area contributed by atoms with Gasteiger partial charge in [-0.05, 0) is 80.3 Å². The number of ether oxygens (including phenoxy) is 2. The van der Waals surface area contributed by atoms with Gasteiger partial charge in [0.2, 0.25) is 0 Å². The lowest BCUT2D eigenvalue weighted by atomic mass is 9.89. The molecule has 0 spiro atoms. The predicted molar refractivity (Wildman–Crippen MR) is 135 cm³/mol. The number of esters is 1. The summed E-state index contributed by atoms with van der Waals surface area (Å²) in [5, 5.41) is 14.9. The molecule has 3 N–H and O–H groups in total. The van der Waals surface area contributed by atoms with Crippen LogP contribution in [0.3, 0.4) is 0 Å². The van der Waals surface area contributed by atoms with Crippen molar-refractivity contribution in [2.75, 3.05) is 38.2 Å². The number of benzene rings is 2. The van der Waals surface area contributed by atoms with Crippen LogP contribution in [0.15, 0.2) is 42.5 Å². The minimum absolute atomic E-state index is 0.117. The van der Waals surface area contributed by atoms with E-state index in [9.17, 15) is 9.59 Å². The third-order valence-corrected chi connectivity index (χ3v) is 6.54. The number of nitrogens with one attached hydrogen (secondary N) is 3. The van der Waals surface area contributed by atoms with Crippen LogP contribution in [0.4, 0.5) is 5.69 Å². The molecular weight excluding hydrogens is 444 g/mol. The van der Waals surface area contributed by atoms with Gasteiger partial charge in [-0.2, -0.15) is 0 Å². The molecule has 2 aromatic rings. The number of carbonyl (C=O) groups excluding carboxylic acids is 2. The molecule has 4 rings (SSSR count). The van der Waals surface area contributed by atoms with E-state index in [1.807, 2.05) is 54.3 Å². The standard InChI is InChI=1S/C27H34N4O4/c1-18(35-19(2)32)3-10-25-24-9-6-22(17-21(24)11-12-29-25)27(33)30-23-7-4-20(5-8-23)26(28)31-13-15-34-16-14-31/h4-9,17-18,25,28-29H,3,10-16H2,1-2H3,(H,30,33). The lowest BCUT2D eigenvalue weighted by molar-refractivity contribution is -0.145. The average molecular weight is 479 g/mol. The predicted octanol–water partition coefficient (Wildman–Crippen LogP) is 3.52. The Morgan fingerprint density at radius 2 is 1.89 bits per heavy atom. The fraction of sp³-hybridized carbons (Fsp3) is 0.444. The first-order valence-electron chi connectivity index (χ1n) is 12.3. The minimum atomic E-state index is -0.254. The molecule has 8 nitrogen and oxygen atoms in total. The van der Waals surface area contributed by atoms with E-state index in [0.717, 1.165) is 44.5 Å². The second kappa shape index (κ2) is 11.5. The number of rotatable bonds is 7. The first kappa shape index (κ1) is 24.9. The quantitative estimate of drug-likeness (QED) is 0.320. The summed E-state index contributed by atoms with van der Waals surface area (Å²) >= 11 is 0. The van der Waals surface area contributed by atoms with E-state index in [2.05, 4.69) is 10.6 Å². The molecule has 0 aliphatic carbocycles. The number of fused-ring (bicyclic) bond motifs is 1. The molecule has 186 valence electrons. The van der Waals surface area contributed by atoms with Gasteiger partial charge in [-0.1, -0.05) is 6.07 Å². The fourth-order valence-electron chi connectivity index (χ4n) is 4.68. The van der Waals surface area contributed by atoms with Gasteiger partial charge in [0.05, 0.1) is 19.3 Å². The van der Waals surface area contributed by atoms with Gasteiger partial charge >= 0.3 is 5.97 Å². The second-order valence-electron chi connectivity index (χ2n) is 9.15. The van der Waals surface area contributed by atoms with Crippen molar-refractivity contribution in [3.05, 3.63) is 64.7 Å². The molecule has 2 atom stereocenters. The van der Waals surface area contributed by atoms with Crippen molar-refractivity contribution in [1.29, 1.82) is 5.41 Å². The summed E-state index contributed by atoms with van der Waals surface area (Å²) in [5.74, 6) is 0.0730. The number of nitrogens with zero attached hydrogens (tertiary/aromatic N) is 1. The lowest BCUT2D eigenvalue weighted by Crippen LogP contribution is -2.40. The molecular formula is C27H34N4O4. The summed E-state index contributed by atoms with van der Waals surface area (Å²) in [6.07, 6.45) is 2.38. The Kier molecular flexibility index (Phi) is 8.15. The van der Waals surface area contributed by atoms with Crippen LogP contribution >= 0.6 is 0 Å². The summed E-state index contributed by atoms with van der Waals surface area (Å²) in [5.41, 5.74) is 4.53. The van der Waals surface area contributed by atoms with Crippen LogP contribution in [0, 0.1) is 5.41 Å². The van der Waals surface area contributed by atoms with Gasteiger partial charge in [-0.15, -0.1) is 0 Å². The number of amides is 1. The average Bonchev–Trinajstić information content (AvgIpc) is 2.87. The molecule has 0 aromatic heterocycles. The highest BCUT2D eigenvalue weighted by molar-refractivity contribution is 6.05. The summed E-state index contributed by atoms with van der Waals surface area (Å²) in [6.45, 7) is 6.91. The Balaban J connectivity index is 1.37. The summed E-state index contributed by atoms with van der Waals surface area (Å²) < 4.78 is 10.6. The van der Waals surface area contributed by atoms with E-state index in [1.165, 1.54) is 18.1 Å². The highest BCUT2D eigenvalue weighted by Gasteiger charge is 2.22. The Hall–Kier alpha value is -3.23. The fourth-order valence-corrected chi connectivity index (χ4v) is 4.68. The largest absolute Gasteiger partial charge is 0.463 e. The zero-order chi connectivity index (χ0) is 24.8. The highest BCUT2D eigenvalue weighted by atomic mass is 16.5. The smallest absolute Gasteiger partial charge is 0.302 e. The third kappa shape index (κ3) is 6.46. The van der Waals surface area contributed by atoms with Crippen molar-refractivity contribution in [2.45, 2.75) is 45.3 Å². The molecule has 1 amide bonds. The maximum Gasteiger partial charge on any atom is 0.302 e. The van der Waals surface area contributed by atoms with Crippen molar-refractivity contribution in [3.8, 4) is 0 Å². The molecule has 2 aliphatic rings. The Labute approximate surface area is 206 Å². The van der Waals surface area contributed by atoms with Crippen LogP contribution in [0.1, 0.15) is 59.8 Å². The Morgan fingerprint density at radius 1 is 1.17 bits per heavy atom. The molecule has 2 unspecified atom stereocenters. The molecule has 2 aliphatic heterocycles. The zero-order valence-electron chi connectivity index (χ0n) is 20.4. The number of morpholine rings is 1. The SMILES string of the molecule is CC(=O)OC(C)CCC1NCCc2cc(C(=O)Nc3ccc(C(=N)N4CCOCC4)cc3)ccc21. The van der Waals surface area contributed by atoms with Crippen molar-refractivity contribution in [1.82, 2.24) is 10.2 Å². The van der Waals surface area contributed by atoms with Crippen LogP contribution in [-0.2, 0) is 20.7 Å². The monoisotopic (exact) mass is 478 g/mol. The summed E-state index contributed by atoms with van der Waals surface area (Å²) in [6, 6.07) is 13.5. The number of hydrogen-bond donors (Lipinski definition) is 3. The number of amidine groups is 1. The van der Waals surface area contributed by atoms with Gasteiger partial charge in [0.1, 0.15) is 5.84 Å². The van der Waals surface area contributed by atoms with Crippen LogP contribution < -0.4 is 10.6 Å². The van der Waals surface area contributed by atoms with Gasteiger partial charge < -0.3 is 25.0 Å². The molecule has 2 aromatic carbocycles. The maximum atomic E-state index is 12.9. The van der Waals surface area contributed by atoms with Crippen molar-refractivity contribution in [2.24, 2.45) is 0 Å². The molecule has 8 heteroatoms. The Bertz CT molecular complexity index is 1060. The first-order valence-corrected chi connectivity index (χ1v) is 12.3. The van der Waals surface area contributed by atoms with Crippen LogP contribution in [-0.4, -0.2) is 61.6 Å². The summed E-state index contributed by atoms with van der Waals surface area (Å²) in [4.78, 5) is 26.1. The van der Waals surface area contributed by atoms with E-state index in [0.29, 0.717) is 30.3 Å². The zero-order valence-corrected chi connectivity index (χ0v) is 20.4. The van der Waals surface area contributed by atoms with Crippen molar-refractivity contribution < 1.29 is 19.1 Å². The Morgan fingerprint density at radius 3 is 2.60 bits per heavy atom. The first-order chi connectivity index (χ1) is 16.9.